The quantitative estimate of drug-likeness (QED) is 0.820. The van der Waals surface area contributed by atoms with Crippen LogP contribution in [0.25, 0.3) is 0 Å². The molecule has 1 saturated heterocycles. The van der Waals surface area contributed by atoms with Crippen LogP contribution in [0.4, 0.5) is 0 Å². The average molecular weight is 295 g/mol. The molecule has 2 fully saturated rings. The van der Waals surface area contributed by atoms with Crippen LogP contribution in [-0.4, -0.2) is 41.9 Å². The van der Waals surface area contributed by atoms with Gasteiger partial charge in [-0.25, -0.2) is 0 Å². The summed E-state index contributed by atoms with van der Waals surface area (Å²) in [5.74, 6) is 0.529. The zero-order valence-electron chi connectivity index (χ0n) is 13.3. The summed E-state index contributed by atoms with van der Waals surface area (Å²) in [7, 11) is 0. The van der Waals surface area contributed by atoms with Gasteiger partial charge in [0.2, 0.25) is 11.8 Å². The summed E-state index contributed by atoms with van der Waals surface area (Å²) >= 11 is 0. The van der Waals surface area contributed by atoms with Crippen molar-refractivity contribution in [3.63, 3.8) is 0 Å². The van der Waals surface area contributed by atoms with E-state index in [0.717, 1.165) is 31.6 Å². The first-order valence-electron chi connectivity index (χ1n) is 8.28. The monoisotopic (exact) mass is 295 g/mol. The molecule has 21 heavy (non-hydrogen) atoms. The lowest BCUT2D eigenvalue weighted by atomic mass is 9.87. The molecule has 1 saturated carbocycles. The summed E-state index contributed by atoms with van der Waals surface area (Å²) in [6.07, 6.45) is 6.36. The van der Waals surface area contributed by atoms with Crippen LogP contribution in [0.3, 0.4) is 0 Å². The fourth-order valence-electron chi connectivity index (χ4n) is 3.49. The number of nitrogens with one attached hydrogen (secondary N) is 1. The number of nitrogens with zero attached hydrogens (tertiary/aromatic N) is 1. The van der Waals surface area contributed by atoms with Crippen molar-refractivity contribution in [3.05, 3.63) is 0 Å². The van der Waals surface area contributed by atoms with Crippen molar-refractivity contribution in [2.24, 2.45) is 17.6 Å². The molecule has 2 atom stereocenters. The lowest BCUT2D eigenvalue weighted by Crippen LogP contribution is -2.50. The number of likely N-dealkylation sites (tertiary alicyclic amines) is 1. The fourth-order valence-corrected chi connectivity index (χ4v) is 3.49. The van der Waals surface area contributed by atoms with Gasteiger partial charge in [-0.15, -0.1) is 0 Å². The van der Waals surface area contributed by atoms with Gasteiger partial charge in [0.05, 0.1) is 12.5 Å². The Bertz CT molecular complexity index is 378. The highest BCUT2D eigenvalue weighted by atomic mass is 16.2. The van der Waals surface area contributed by atoms with Crippen LogP contribution in [-0.2, 0) is 9.59 Å². The molecule has 2 amide bonds. The fraction of sp³-hybridized carbons (Fsp3) is 0.875. The predicted molar refractivity (Wildman–Crippen MR) is 82.5 cm³/mol. The first kappa shape index (κ1) is 16.3. The van der Waals surface area contributed by atoms with E-state index in [9.17, 15) is 9.59 Å². The molecule has 1 aliphatic heterocycles. The van der Waals surface area contributed by atoms with Crippen molar-refractivity contribution in [2.45, 2.75) is 64.5 Å². The van der Waals surface area contributed by atoms with Gasteiger partial charge in [0, 0.05) is 18.6 Å². The average Bonchev–Trinajstić information content (AvgIpc) is 2.43. The number of carbonyl (C=O) groups is 2. The summed E-state index contributed by atoms with van der Waals surface area (Å²) in [5, 5.41) is 3.15. The van der Waals surface area contributed by atoms with E-state index in [2.05, 4.69) is 24.1 Å². The maximum absolute atomic E-state index is 12.2. The number of rotatable bonds is 4. The molecule has 0 aromatic heterocycles. The van der Waals surface area contributed by atoms with Crippen molar-refractivity contribution in [1.29, 1.82) is 0 Å². The van der Waals surface area contributed by atoms with Gasteiger partial charge in [-0.1, -0.05) is 6.92 Å². The second-order valence-electron chi connectivity index (χ2n) is 6.98. The lowest BCUT2D eigenvalue weighted by Gasteiger charge is -2.36. The minimum absolute atomic E-state index is 0.0894. The largest absolute Gasteiger partial charge is 0.369 e. The van der Waals surface area contributed by atoms with Crippen LogP contribution in [0.2, 0.25) is 0 Å². The van der Waals surface area contributed by atoms with E-state index in [4.69, 9.17) is 5.73 Å². The van der Waals surface area contributed by atoms with Gasteiger partial charge in [-0.3, -0.25) is 14.5 Å². The Morgan fingerprint density at radius 1 is 1.10 bits per heavy atom. The van der Waals surface area contributed by atoms with E-state index in [-0.39, 0.29) is 17.7 Å². The lowest BCUT2D eigenvalue weighted by molar-refractivity contribution is -0.128. The van der Waals surface area contributed by atoms with Crippen LogP contribution in [0.5, 0.6) is 0 Å². The molecule has 0 spiro atoms. The Labute approximate surface area is 127 Å². The molecular weight excluding hydrogens is 266 g/mol. The van der Waals surface area contributed by atoms with Gasteiger partial charge in [-0.2, -0.15) is 0 Å². The number of amides is 2. The highest BCUT2D eigenvalue weighted by molar-refractivity contribution is 5.79. The maximum atomic E-state index is 12.2. The van der Waals surface area contributed by atoms with Crippen LogP contribution >= 0.6 is 0 Å². The smallest absolute Gasteiger partial charge is 0.234 e. The zero-order chi connectivity index (χ0) is 15.4. The van der Waals surface area contributed by atoms with E-state index in [1.807, 2.05) is 0 Å². The number of primary amides is 1. The van der Waals surface area contributed by atoms with Gasteiger partial charge in [0.1, 0.15) is 0 Å². The highest BCUT2D eigenvalue weighted by Crippen LogP contribution is 2.24. The molecule has 0 aromatic carbocycles. The number of hydrogen-bond donors (Lipinski definition) is 2. The number of piperidine rings is 1. The third-order valence-corrected chi connectivity index (χ3v) is 5.14. The molecule has 1 heterocycles. The second kappa shape index (κ2) is 7.25. The molecule has 2 rings (SSSR count). The van der Waals surface area contributed by atoms with Gasteiger partial charge in [0.25, 0.3) is 0 Å². The summed E-state index contributed by atoms with van der Waals surface area (Å²) in [6.45, 7) is 5.40. The van der Waals surface area contributed by atoms with Gasteiger partial charge < -0.3 is 11.1 Å². The van der Waals surface area contributed by atoms with Crippen LogP contribution < -0.4 is 11.1 Å². The summed E-state index contributed by atoms with van der Waals surface area (Å²) < 4.78 is 0. The van der Waals surface area contributed by atoms with Crippen molar-refractivity contribution >= 4 is 11.8 Å². The number of hydrogen-bond acceptors (Lipinski definition) is 3. The van der Waals surface area contributed by atoms with E-state index in [1.54, 1.807) is 0 Å². The maximum Gasteiger partial charge on any atom is 0.234 e. The number of nitrogens with two attached hydrogens (primary N) is 1. The third kappa shape index (κ3) is 4.70. The Hall–Kier alpha value is -1.10. The van der Waals surface area contributed by atoms with Crippen molar-refractivity contribution in [1.82, 2.24) is 10.2 Å². The standard InChI is InChI=1S/C16H29N3O2/c1-11-3-7-14(8-4-11)18-15(20)10-19-9-13(16(17)21)6-5-12(19)2/h11-14H,3-10H2,1-2H3,(H2,17,21)(H,18,20). The van der Waals surface area contributed by atoms with Gasteiger partial charge in [0.15, 0.2) is 0 Å². The minimum atomic E-state index is -0.242. The van der Waals surface area contributed by atoms with Crippen molar-refractivity contribution in [2.75, 3.05) is 13.1 Å². The highest BCUT2D eigenvalue weighted by Gasteiger charge is 2.30. The molecule has 0 aromatic rings. The van der Waals surface area contributed by atoms with Crippen LogP contribution in [0, 0.1) is 11.8 Å². The van der Waals surface area contributed by atoms with Crippen molar-refractivity contribution < 1.29 is 9.59 Å². The van der Waals surface area contributed by atoms with Crippen molar-refractivity contribution in [3.8, 4) is 0 Å². The molecule has 1 aliphatic carbocycles. The molecule has 120 valence electrons. The molecular formula is C16H29N3O2. The molecule has 5 heteroatoms. The second-order valence-corrected chi connectivity index (χ2v) is 6.98. The minimum Gasteiger partial charge on any atom is -0.369 e. The Morgan fingerprint density at radius 3 is 2.38 bits per heavy atom. The summed E-state index contributed by atoms with van der Waals surface area (Å²) in [4.78, 5) is 25.6. The molecule has 2 aliphatic rings. The first-order chi connectivity index (χ1) is 9.95. The molecule has 0 bridgehead atoms. The van der Waals surface area contributed by atoms with E-state index >= 15 is 0 Å². The van der Waals surface area contributed by atoms with Crippen LogP contribution in [0.1, 0.15) is 52.4 Å². The Balaban J connectivity index is 1.79. The third-order valence-electron chi connectivity index (χ3n) is 5.14. The molecule has 2 unspecified atom stereocenters. The molecule has 5 nitrogen and oxygen atoms in total. The predicted octanol–water partition coefficient (Wildman–Crippen LogP) is 1.27. The first-order valence-corrected chi connectivity index (χ1v) is 8.28. The van der Waals surface area contributed by atoms with E-state index in [0.29, 0.717) is 25.2 Å². The summed E-state index contributed by atoms with van der Waals surface area (Å²) in [6, 6.07) is 0.679. The topological polar surface area (TPSA) is 75.4 Å². The van der Waals surface area contributed by atoms with Gasteiger partial charge in [-0.05, 0) is 51.4 Å². The Kier molecular flexibility index (Phi) is 5.62. The number of carbonyl (C=O) groups excluding carboxylic acids is 2. The van der Waals surface area contributed by atoms with E-state index < -0.39 is 0 Å². The SMILES string of the molecule is CC1CCC(NC(=O)CN2CC(C(N)=O)CCC2C)CC1. The molecule has 3 N–H and O–H groups in total. The Morgan fingerprint density at radius 2 is 1.76 bits per heavy atom. The van der Waals surface area contributed by atoms with E-state index in [1.165, 1.54) is 12.8 Å². The molecule has 0 radical (unpaired) electrons. The normalized spacial score (nSPS) is 34.4. The summed E-state index contributed by atoms with van der Waals surface area (Å²) in [5.41, 5.74) is 5.40. The zero-order valence-corrected chi connectivity index (χ0v) is 13.3. The van der Waals surface area contributed by atoms with Gasteiger partial charge >= 0.3 is 0 Å². The van der Waals surface area contributed by atoms with Crippen LogP contribution in [0.15, 0.2) is 0 Å².